The number of hydrogen-bond acceptors (Lipinski definition) is 5. The number of carbonyl (C=O) groups excluding carboxylic acids is 1. The van der Waals surface area contributed by atoms with Crippen molar-refractivity contribution < 1.29 is 14.3 Å². The zero-order chi connectivity index (χ0) is 16.3. The predicted octanol–water partition coefficient (Wildman–Crippen LogP) is 2.33. The van der Waals surface area contributed by atoms with Gasteiger partial charge < -0.3 is 14.8 Å². The first kappa shape index (κ1) is 15.9. The van der Waals surface area contributed by atoms with Crippen LogP contribution in [0.5, 0.6) is 5.75 Å². The Kier molecular flexibility index (Phi) is 4.75. The van der Waals surface area contributed by atoms with E-state index in [2.05, 4.69) is 11.2 Å². The van der Waals surface area contributed by atoms with Crippen molar-refractivity contribution in [3.8, 4) is 5.75 Å². The van der Waals surface area contributed by atoms with Crippen LogP contribution in [0.4, 0.5) is 0 Å². The van der Waals surface area contributed by atoms with Crippen LogP contribution >= 0.6 is 12.2 Å². The Hall–Kier alpha value is -2.43. The van der Waals surface area contributed by atoms with Crippen LogP contribution in [0.2, 0.25) is 0 Å². The molecule has 1 aliphatic heterocycles. The van der Waals surface area contributed by atoms with Gasteiger partial charge in [-0.2, -0.15) is 0 Å². The summed E-state index contributed by atoms with van der Waals surface area (Å²) >= 11 is 5.26. The van der Waals surface area contributed by atoms with Crippen molar-refractivity contribution >= 4 is 29.0 Å². The van der Waals surface area contributed by atoms with Gasteiger partial charge in [-0.15, -0.1) is 0 Å². The molecule has 1 heterocycles. The highest BCUT2D eigenvalue weighted by Crippen LogP contribution is 2.37. The SMILES string of the molecule is COC(=O)C1=C(C)NC(=S)C(=C=N)C1c1ccc(OC)cc1. The Morgan fingerprint density at radius 2 is 1.95 bits per heavy atom. The molecule has 0 saturated heterocycles. The van der Waals surface area contributed by atoms with E-state index in [4.69, 9.17) is 27.1 Å². The molecule has 2 rings (SSSR count). The van der Waals surface area contributed by atoms with E-state index < -0.39 is 11.9 Å². The number of hydrogen-bond donors (Lipinski definition) is 2. The summed E-state index contributed by atoms with van der Waals surface area (Å²) in [6, 6.07) is 7.27. The maximum absolute atomic E-state index is 12.2. The fourth-order valence-electron chi connectivity index (χ4n) is 2.44. The lowest BCUT2D eigenvalue weighted by Crippen LogP contribution is -2.35. The number of rotatable bonds is 3. The van der Waals surface area contributed by atoms with Crippen molar-refractivity contribution in [2.75, 3.05) is 14.2 Å². The number of carbonyl (C=O) groups is 1. The number of ether oxygens (including phenoxy) is 2. The van der Waals surface area contributed by atoms with Crippen molar-refractivity contribution in [2.24, 2.45) is 0 Å². The first-order valence-corrected chi connectivity index (χ1v) is 6.98. The lowest BCUT2D eigenvalue weighted by molar-refractivity contribution is -0.136. The lowest BCUT2D eigenvalue weighted by Gasteiger charge is -2.29. The minimum Gasteiger partial charge on any atom is -0.497 e. The van der Waals surface area contributed by atoms with Crippen LogP contribution in [-0.2, 0) is 9.53 Å². The van der Waals surface area contributed by atoms with Crippen molar-refractivity contribution in [1.29, 1.82) is 5.41 Å². The molecule has 1 aromatic carbocycles. The molecule has 22 heavy (non-hydrogen) atoms. The van der Waals surface area contributed by atoms with Gasteiger partial charge in [0.25, 0.3) is 0 Å². The Bertz CT molecular complexity index is 701. The van der Waals surface area contributed by atoms with E-state index >= 15 is 0 Å². The van der Waals surface area contributed by atoms with Crippen molar-refractivity contribution in [3.63, 3.8) is 0 Å². The second kappa shape index (κ2) is 6.56. The molecule has 0 amide bonds. The van der Waals surface area contributed by atoms with Gasteiger partial charge in [-0.3, -0.25) is 5.41 Å². The van der Waals surface area contributed by atoms with Crippen molar-refractivity contribution in [2.45, 2.75) is 12.8 Å². The fraction of sp³-hybridized carbons (Fsp3) is 0.250. The van der Waals surface area contributed by atoms with E-state index in [1.54, 1.807) is 26.2 Å². The minimum atomic E-state index is -0.482. The molecule has 2 N–H and O–H groups in total. The average molecular weight is 316 g/mol. The van der Waals surface area contributed by atoms with Gasteiger partial charge in [0.05, 0.1) is 31.3 Å². The van der Waals surface area contributed by atoms with E-state index in [0.29, 0.717) is 27.6 Å². The van der Waals surface area contributed by atoms with Crippen LogP contribution in [0.1, 0.15) is 18.4 Å². The second-order valence-electron chi connectivity index (χ2n) is 4.73. The van der Waals surface area contributed by atoms with Gasteiger partial charge in [-0.1, -0.05) is 24.4 Å². The van der Waals surface area contributed by atoms with Gasteiger partial charge in [0.1, 0.15) is 10.7 Å². The second-order valence-corrected chi connectivity index (χ2v) is 5.14. The van der Waals surface area contributed by atoms with E-state index in [1.165, 1.54) is 7.11 Å². The van der Waals surface area contributed by atoms with Gasteiger partial charge in [0, 0.05) is 5.70 Å². The molecule has 0 spiro atoms. The topological polar surface area (TPSA) is 71.4 Å². The highest BCUT2D eigenvalue weighted by atomic mass is 32.1. The van der Waals surface area contributed by atoms with E-state index in [9.17, 15) is 4.79 Å². The number of nitrogens with one attached hydrogen (secondary N) is 2. The predicted molar refractivity (Wildman–Crippen MR) is 87.4 cm³/mol. The molecule has 0 radical (unpaired) electrons. The lowest BCUT2D eigenvalue weighted by atomic mass is 9.81. The maximum Gasteiger partial charge on any atom is 0.336 e. The zero-order valence-corrected chi connectivity index (χ0v) is 13.3. The molecule has 0 aliphatic carbocycles. The Balaban J connectivity index is 2.62. The normalized spacial score (nSPS) is 17.7. The summed E-state index contributed by atoms with van der Waals surface area (Å²) in [5.74, 6) is 2.12. The third-order valence-corrected chi connectivity index (χ3v) is 3.84. The zero-order valence-electron chi connectivity index (χ0n) is 12.5. The monoisotopic (exact) mass is 316 g/mol. The van der Waals surface area contributed by atoms with E-state index in [0.717, 1.165) is 5.56 Å². The molecular formula is C16H16N2O3S. The smallest absolute Gasteiger partial charge is 0.336 e. The Morgan fingerprint density at radius 3 is 2.45 bits per heavy atom. The average Bonchev–Trinajstić information content (AvgIpc) is 2.53. The summed E-state index contributed by atoms with van der Waals surface area (Å²) in [6.07, 6.45) is 0. The van der Waals surface area contributed by atoms with Gasteiger partial charge >= 0.3 is 5.97 Å². The van der Waals surface area contributed by atoms with Gasteiger partial charge in [0.15, 0.2) is 0 Å². The molecule has 0 saturated carbocycles. The summed E-state index contributed by atoms with van der Waals surface area (Å²) in [4.78, 5) is 12.6. The van der Waals surface area contributed by atoms with Crippen LogP contribution in [0.15, 0.2) is 41.1 Å². The molecule has 0 aromatic heterocycles. The van der Waals surface area contributed by atoms with E-state index in [1.807, 2.05) is 12.1 Å². The number of allylic oxidation sites excluding steroid dienone is 1. The molecule has 0 fully saturated rings. The highest BCUT2D eigenvalue weighted by molar-refractivity contribution is 7.80. The largest absolute Gasteiger partial charge is 0.497 e. The maximum atomic E-state index is 12.2. The number of thiocarbonyl (C=S) groups is 1. The Labute approximate surface area is 134 Å². The van der Waals surface area contributed by atoms with Crippen LogP contribution < -0.4 is 10.1 Å². The summed E-state index contributed by atoms with van der Waals surface area (Å²) in [5, 5.41) is 10.5. The third-order valence-electron chi connectivity index (χ3n) is 3.52. The standard InChI is InChI=1S/C16H16N2O3S/c1-9-13(16(19)21-3)14(12(8-17)15(22)18-9)10-4-6-11(20-2)7-5-10/h4-7,14,17H,1-3H3,(H,18,22). The molecule has 1 aromatic rings. The van der Waals surface area contributed by atoms with Crippen LogP contribution in [0.3, 0.4) is 0 Å². The number of esters is 1. The minimum absolute atomic E-state index is 0.390. The molecule has 1 atom stereocenters. The third kappa shape index (κ3) is 2.79. The Morgan fingerprint density at radius 1 is 1.32 bits per heavy atom. The highest BCUT2D eigenvalue weighted by Gasteiger charge is 2.35. The number of benzene rings is 1. The summed E-state index contributed by atoms with van der Waals surface area (Å²) < 4.78 is 10.0. The van der Waals surface area contributed by atoms with Gasteiger partial charge in [-0.25, -0.2) is 4.79 Å². The molecule has 0 bridgehead atoms. The molecule has 5 nitrogen and oxygen atoms in total. The molecule has 1 aliphatic rings. The fourth-order valence-corrected chi connectivity index (χ4v) is 2.76. The van der Waals surface area contributed by atoms with Crippen LogP contribution in [0, 0.1) is 5.41 Å². The summed E-state index contributed by atoms with van der Waals surface area (Å²) in [6.45, 7) is 1.76. The van der Waals surface area contributed by atoms with Crippen LogP contribution in [-0.4, -0.2) is 31.0 Å². The molecule has 114 valence electrons. The van der Waals surface area contributed by atoms with Crippen LogP contribution in [0.25, 0.3) is 0 Å². The number of methoxy groups -OCH3 is 2. The first-order chi connectivity index (χ1) is 10.5. The summed E-state index contributed by atoms with van der Waals surface area (Å²) in [7, 11) is 2.91. The van der Waals surface area contributed by atoms with Gasteiger partial charge in [0.2, 0.25) is 0 Å². The van der Waals surface area contributed by atoms with Crippen molar-refractivity contribution in [3.05, 3.63) is 46.7 Å². The first-order valence-electron chi connectivity index (χ1n) is 6.57. The molecule has 1 unspecified atom stereocenters. The molecular weight excluding hydrogens is 300 g/mol. The summed E-state index contributed by atoms with van der Waals surface area (Å²) in [5.41, 5.74) is 2.30. The van der Waals surface area contributed by atoms with Crippen molar-refractivity contribution in [1.82, 2.24) is 5.32 Å². The van der Waals surface area contributed by atoms with Gasteiger partial charge in [-0.05, 0) is 30.5 Å². The van der Waals surface area contributed by atoms with E-state index in [-0.39, 0.29) is 0 Å². The quantitative estimate of drug-likeness (QED) is 0.388. The molecule has 6 heteroatoms.